The van der Waals surface area contributed by atoms with Crippen molar-refractivity contribution in [2.45, 2.75) is 127 Å². The number of hydrogen-bond acceptors (Lipinski definition) is 4. The molecule has 238 valence electrons. The second kappa shape index (κ2) is 12.7. The summed E-state index contributed by atoms with van der Waals surface area (Å²) in [7, 11) is 0. The van der Waals surface area contributed by atoms with E-state index in [-0.39, 0.29) is 36.0 Å². The average Bonchev–Trinajstić information content (AvgIpc) is 3.19. The average molecular weight is 607 g/mol. The van der Waals surface area contributed by atoms with Crippen LogP contribution in [0.25, 0.3) is 0 Å². The molecule has 42 heavy (non-hydrogen) atoms. The largest absolute Gasteiger partial charge is 0.438 e. The van der Waals surface area contributed by atoms with Crippen LogP contribution < -0.4 is 0 Å². The molecule has 3 unspecified atom stereocenters. The van der Waals surface area contributed by atoms with Gasteiger partial charge in [-0.25, -0.2) is 0 Å². The van der Waals surface area contributed by atoms with Crippen LogP contribution in [0.15, 0.2) is 35.5 Å². The van der Waals surface area contributed by atoms with Gasteiger partial charge in [-0.3, -0.25) is 0 Å². The lowest BCUT2D eigenvalue weighted by atomic mass is 9.60. The van der Waals surface area contributed by atoms with E-state index in [2.05, 4.69) is 19.4 Å². The number of alkyl halides is 6. The minimum absolute atomic E-state index is 0.0203. The molecule has 3 fully saturated rings. The van der Waals surface area contributed by atoms with Gasteiger partial charge in [-0.2, -0.15) is 26.3 Å². The fourth-order valence-corrected chi connectivity index (χ4v) is 7.37. The first-order valence-corrected chi connectivity index (χ1v) is 14.7. The molecule has 0 aromatic heterocycles. The predicted molar refractivity (Wildman–Crippen MR) is 148 cm³/mol. The van der Waals surface area contributed by atoms with Gasteiger partial charge in [-0.15, -0.1) is 0 Å². The molecule has 3 aliphatic carbocycles. The summed E-state index contributed by atoms with van der Waals surface area (Å²) in [6.07, 6.45) is -3.56. The second-order valence-corrected chi connectivity index (χ2v) is 13.3. The van der Waals surface area contributed by atoms with Crippen molar-refractivity contribution in [2.24, 2.45) is 23.2 Å². The molecule has 0 bridgehead atoms. The summed E-state index contributed by atoms with van der Waals surface area (Å²) in [6.45, 7) is 9.40. The van der Waals surface area contributed by atoms with E-state index < -0.39 is 35.8 Å². The Balaban J connectivity index is 1.89. The van der Waals surface area contributed by atoms with Crippen molar-refractivity contribution in [1.82, 2.24) is 0 Å². The molecule has 4 N–H and O–H groups in total. The highest BCUT2D eigenvalue weighted by molar-refractivity contribution is 5.38. The van der Waals surface area contributed by atoms with Crippen molar-refractivity contribution in [3.8, 4) is 11.8 Å². The lowest BCUT2D eigenvalue weighted by molar-refractivity contribution is -0.343. The van der Waals surface area contributed by atoms with Gasteiger partial charge >= 0.3 is 18.0 Å². The molecule has 3 saturated carbocycles. The van der Waals surface area contributed by atoms with E-state index in [0.717, 1.165) is 43.6 Å². The fourth-order valence-electron chi connectivity index (χ4n) is 7.37. The predicted octanol–water partition coefficient (Wildman–Crippen LogP) is 6.93. The molecule has 3 rings (SSSR count). The van der Waals surface area contributed by atoms with Crippen molar-refractivity contribution >= 4 is 0 Å². The van der Waals surface area contributed by atoms with E-state index in [0.29, 0.717) is 31.3 Å². The molecule has 4 nitrogen and oxygen atoms in total. The Morgan fingerprint density at radius 3 is 2.29 bits per heavy atom. The fraction of sp³-hybridized carbons (Fsp3) is 0.750. The van der Waals surface area contributed by atoms with Crippen molar-refractivity contribution in [3.63, 3.8) is 0 Å². The summed E-state index contributed by atoms with van der Waals surface area (Å²) >= 11 is 0. The summed E-state index contributed by atoms with van der Waals surface area (Å²) in [5.41, 5.74) is -3.75. The molecule has 10 heteroatoms. The lowest BCUT2D eigenvalue weighted by Crippen LogP contribution is -2.55. The SMILES string of the molecule is C=C1/C(=C\C=C2/CCC[C@@]3(C)C2CC[C@@H]3C(CC#CC(O)(C(F)(F)F)C(F)(F)F)CCCC(C)(C)O)CC(O)C[C@@H]1O. The third kappa shape index (κ3) is 7.64. The summed E-state index contributed by atoms with van der Waals surface area (Å²) in [5.74, 6) is 3.04. The third-order valence-corrected chi connectivity index (χ3v) is 9.69. The van der Waals surface area contributed by atoms with Gasteiger partial charge in [0.15, 0.2) is 0 Å². The molecule has 3 aliphatic rings. The van der Waals surface area contributed by atoms with Crippen molar-refractivity contribution in [1.29, 1.82) is 0 Å². The lowest BCUT2D eigenvalue weighted by Gasteiger charge is -2.45. The van der Waals surface area contributed by atoms with Gasteiger partial charge in [-0.1, -0.05) is 43.6 Å². The zero-order chi connectivity index (χ0) is 31.7. The highest BCUT2D eigenvalue weighted by Crippen LogP contribution is 2.60. The number of fused-ring (bicyclic) bond motifs is 1. The summed E-state index contributed by atoms with van der Waals surface area (Å²) in [6, 6.07) is 0. The van der Waals surface area contributed by atoms with Gasteiger partial charge in [0, 0.05) is 12.8 Å². The number of halogens is 6. The molecule has 0 spiro atoms. The quantitative estimate of drug-likeness (QED) is 0.187. The maximum absolute atomic E-state index is 13.2. The molecule has 6 atom stereocenters. The van der Waals surface area contributed by atoms with Gasteiger partial charge in [0.2, 0.25) is 0 Å². The molecular weight excluding hydrogens is 562 g/mol. The molecule has 0 saturated heterocycles. The first-order valence-electron chi connectivity index (χ1n) is 14.7. The maximum Gasteiger partial charge on any atom is 0.438 e. The first kappa shape index (κ1) is 34.7. The van der Waals surface area contributed by atoms with Gasteiger partial charge in [0.1, 0.15) is 0 Å². The Labute approximate surface area is 244 Å². The zero-order valence-electron chi connectivity index (χ0n) is 24.6. The second-order valence-electron chi connectivity index (χ2n) is 13.3. The van der Waals surface area contributed by atoms with Crippen LogP contribution in [0.3, 0.4) is 0 Å². The van der Waals surface area contributed by atoms with Crippen LogP contribution in [0.2, 0.25) is 0 Å². The molecule has 0 aromatic rings. The Morgan fingerprint density at radius 2 is 1.69 bits per heavy atom. The highest BCUT2D eigenvalue weighted by atomic mass is 19.4. The maximum atomic E-state index is 13.2. The number of allylic oxidation sites excluding steroid dienone is 3. The highest BCUT2D eigenvalue weighted by Gasteiger charge is 2.70. The van der Waals surface area contributed by atoms with Gasteiger partial charge < -0.3 is 20.4 Å². The monoisotopic (exact) mass is 606 g/mol. The van der Waals surface area contributed by atoms with E-state index in [1.165, 1.54) is 5.57 Å². The molecule has 0 aromatic carbocycles. The van der Waals surface area contributed by atoms with E-state index >= 15 is 0 Å². The van der Waals surface area contributed by atoms with Crippen molar-refractivity contribution in [2.75, 3.05) is 0 Å². The van der Waals surface area contributed by atoms with E-state index in [1.54, 1.807) is 13.8 Å². The van der Waals surface area contributed by atoms with Crippen LogP contribution in [-0.4, -0.2) is 56.2 Å². The smallest absolute Gasteiger partial charge is 0.393 e. The van der Waals surface area contributed by atoms with Gasteiger partial charge in [-0.05, 0) is 105 Å². The van der Waals surface area contributed by atoms with Crippen LogP contribution in [0.5, 0.6) is 0 Å². The Morgan fingerprint density at radius 1 is 1.05 bits per heavy atom. The third-order valence-electron chi connectivity index (χ3n) is 9.69. The Hall–Kier alpha value is -1.80. The number of aliphatic hydroxyl groups is 4. The molecule has 0 radical (unpaired) electrons. The summed E-state index contributed by atoms with van der Waals surface area (Å²) < 4.78 is 79.3. The number of aliphatic hydroxyl groups excluding tert-OH is 2. The molecule has 0 heterocycles. The Bertz CT molecular complexity index is 1090. The van der Waals surface area contributed by atoms with Gasteiger partial charge in [0.25, 0.3) is 0 Å². The van der Waals surface area contributed by atoms with Crippen LogP contribution in [-0.2, 0) is 0 Å². The topological polar surface area (TPSA) is 80.9 Å². The Kier molecular flexibility index (Phi) is 10.5. The van der Waals surface area contributed by atoms with Crippen LogP contribution in [0.4, 0.5) is 26.3 Å². The number of rotatable bonds is 7. The van der Waals surface area contributed by atoms with Crippen molar-refractivity contribution < 1.29 is 46.8 Å². The normalized spacial score (nSPS) is 32.1. The summed E-state index contributed by atoms with van der Waals surface area (Å²) in [5, 5.41) is 40.0. The van der Waals surface area contributed by atoms with E-state index in [9.17, 15) is 46.8 Å². The zero-order valence-corrected chi connectivity index (χ0v) is 24.6. The summed E-state index contributed by atoms with van der Waals surface area (Å²) in [4.78, 5) is 0. The number of hydrogen-bond donors (Lipinski definition) is 4. The first-order chi connectivity index (χ1) is 19.2. The van der Waals surface area contributed by atoms with E-state index in [1.807, 2.05) is 12.2 Å². The van der Waals surface area contributed by atoms with E-state index in [4.69, 9.17) is 0 Å². The van der Waals surface area contributed by atoms with Crippen LogP contribution in [0, 0.1) is 35.0 Å². The molecule has 0 amide bonds. The molecule has 0 aliphatic heterocycles. The van der Waals surface area contributed by atoms with Crippen LogP contribution >= 0.6 is 0 Å². The molecular formula is C32H44F6O4. The van der Waals surface area contributed by atoms with Crippen molar-refractivity contribution in [3.05, 3.63) is 35.5 Å². The minimum Gasteiger partial charge on any atom is -0.393 e. The standard InChI is InChI=1S/C32H44F6O4/c1-20-23(18-24(39)19-27(20)40)12-11-22-9-6-16-29(4)25(13-14-26(22)29)21(8-5-15-28(2,3)41)10-7-17-30(42,31(33,34)35)32(36,37)38/h11-12,21,24-27,39-42H,1,5-6,8-10,13-16,18-19H2,2-4H3/b22-11+,23-12-/t21?,24?,25-,26?,27+,29-/m1/s1. The minimum atomic E-state index is -5.99. The van der Waals surface area contributed by atoms with Gasteiger partial charge in [0.05, 0.1) is 17.8 Å². The van der Waals surface area contributed by atoms with Crippen LogP contribution in [0.1, 0.15) is 91.4 Å².